The minimum absolute atomic E-state index is 0.161. The van der Waals surface area contributed by atoms with Gasteiger partial charge in [-0.15, -0.1) is 11.3 Å². The maximum absolute atomic E-state index is 11.8. The molecule has 21 heavy (non-hydrogen) atoms. The number of ether oxygens (including phenoxy) is 1. The molecule has 110 valence electrons. The Morgan fingerprint density at radius 3 is 2.67 bits per heavy atom. The number of aromatic carboxylic acids is 1. The van der Waals surface area contributed by atoms with E-state index >= 15 is 0 Å². The van der Waals surface area contributed by atoms with Gasteiger partial charge in [-0.25, -0.2) is 9.78 Å². The molecule has 2 rings (SSSR count). The Balaban J connectivity index is 1.85. The summed E-state index contributed by atoms with van der Waals surface area (Å²) in [4.78, 5) is 26.8. The van der Waals surface area contributed by atoms with Crippen molar-refractivity contribution in [2.24, 2.45) is 0 Å². The number of hydrogen-bond donors (Lipinski definition) is 1. The molecule has 1 aromatic carbocycles. The van der Waals surface area contributed by atoms with Crippen LogP contribution in [-0.4, -0.2) is 22.0 Å². The lowest BCUT2D eigenvalue weighted by molar-refractivity contribution is -0.145. The maximum atomic E-state index is 11.8. The van der Waals surface area contributed by atoms with Crippen LogP contribution in [0.5, 0.6) is 0 Å². The largest absolute Gasteiger partial charge is 0.477 e. The number of hydrogen-bond acceptors (Lipinski definition) is 5. The molecule has 1 atom stereocenters. The Morgan fingerprint density at radius 2 is 2.05 bits per heavy atom. The Bertz CT molecular complexity index is 624. The molecule has 5 nitrogen and oxygen atoms in total. The molecule has 1 aromatic heterocycles. The zero-order valence-corrected chi connectivity index (χ0v) is 12.3. The van der Waals surface area contributed by atoms with Crippen molar-refractivity contribution in [2.45, 2.75) is 25.9 Å². The summed E-state index contributed by atoms with van der Waals surface area (Å²) in [6, 6.07) is 9.44. The fourth-order valence-electron chi connectivity index (χ4n) is 1.75. The van der Waals surface area contributed by atoms with Crippen LogP contribution in [0.4, 0.5) is 0 Å². The van der Waals surface area contributed by atoms with E-state index in [0.717, 1.165) is 16.9 Å². The van der Waals surface area contributed by atoms with Gasteiger partial charge >= 0.3 is 11.9 Å². The predicted molar refractivity (Wildman–Crippen MR) is 78.3 cm³/mol. The number of carboxylic acids is 1. The van der Waals surface area contributed by atoms with Crippen molar-refractivity contribution in [3.63, 3.8) is 0 Å². The lowest BCUT2D eigenvalue weighted by Crippen LogP contribution is -2.08. The minimum atomic E-state index is -1.00. The summed E-state index contributed by atoms with van der Waals surface area (Å²) < 4.78 is 5.20. The molecule has 1 N–H and O–H groups in total. The van der Waals surface area contributed by atoms with E-state index in [1.807, 2.05) is 37.3 Å². The number of rotatable bonds is 6. The molecule has 2 aromatic rings. The second-order valence-corrected chi connectivity index (χ2v) is 5.68. The van der Waals surface area contributed by atoms with Crippen molar-refractivity contribution in [1.82, 2.24) is 4.98 Å². The molecule has 1 heterocycles. The first-order valence-electron chi connectivity index (χ1n) is 6.45. The standard InChI is InChI=1S/C15H15NO4S/c1-10(14-16-8-12(21-14)15(18)19)7-13(17)20-9-11-5-3-2-4-6-11/h2-6,8,10H,7,9H2,1H3,(H,18,19). The number of nitrogens with zero attached hydrogens (tertiary/aromatic N) is 1. The lowest BCUT2D eigenvalue weighted by atomic mass is 10.1. The average Bonchev–Trinajstić information content (AvgIpc) is 2.96. The highest BCUT2D eigenvalue weighted by atomic mass is 32.1. The first-order valence-corrected chi connectivity index (χ1v) is 7.26. The van der Waals surface area contributed by atoms with E-state index in [2.05, 4.69) is 4.98 Å². The quantitative estimate of drug-likeness (QED) is 0.830. The summed E-state index contributed by atoms with van der Waals surface area (Å²) in [6.45, 7) is 2.07. The fraction of sp³-hybridized carbons (Fsp3) is 0.267. The molecular formula is C15H15NO4S. The molecule has 0 saturated carbocycles. The Morgan fingerprint density at radius 1 is 1.33 bits per heavy atom. The smallest absolute Gasteiger partial charge is 0.347 e. The van der Waals surface area contributed by atoms with Gasteiger partial charge in [-0.2, -0.15) is 0 Å². The normalized spacial score (nSPS) is 11.9. The second-order valence-electron chi connectivity index (χ2n) is 4.62. The van der Waals surface area contributed by atoms with Crippen LogP contribution in [0.2, 0.25) is 0 Å². The van der Waals surface area contributed by atoms with Crippen LogP contribution >= 0.6 is 11.3 Å². The molecule has 0 radical (unpaired) electrons. The lowest BCUT2D eigenvalue weighted by Gasteiger charge is -2.08. The molecule has 0 bridgehead atoms. The van der Waals surface area contributed by atoms with Gasteiger partial charge in [-0.05, 0) is 5.56 Å². The molecule has 1 unspecified atom stereocenters. The molecule has 6 heteroatoms. The Hall–Kier alpha value is -2.21. The summed E-state index contributed by atoms with van der Waals surface area (Å²) in [5.74, 6) is -1.48. The summed E-state index contributed by atoms with van der Waals surface area (Å²) in [5.41, 5.74) is 0.931. The minimum Gasteiger partial charge on any atom is -0.477 e. The van der Waals surface area contributed by atoms with Crippen LogP contribution in [0.15, 0.2) is 36.5 Å². The van der Waals surface area contributed by atoms with Gasteiger partial charge in [-0.1, -0.05) is 37.3 Å². The number of benzene rings is 1. The number of carboxylic acid groups (broad SMARTS) is 1. The summed E-state index contributed by atoms with van der Waals surface area (Å²) in [7, 11) is 0. The second kappa shape index (κ2) is 6.99. The van der Waals surface area contributed by atoms with Crippen LogP contribution in [-0.2, 0) is 16.1 Å². The number of aromatic nitrogens is 1. The highest BCUT2D eigenvalue weighted by Gasteiger charge is 2.17. The van der Waals surface area contributed by atoms with Gasteiger partial charge in [0, 0.05) is 5.92 Å². The third-order valence-electron chi connectivity index (χ3n) is 2.87. The first kappa shape index (κ1) is 15.2. The van der Waals surface area contributed by atoms with Gasteiger partial charge in [0.05, 0.1) is 17.6 Å². The molecule has 0 aliphatic carbocycles. The van der Waals surface area contributed by atoms with Gasteiger partial charge < -0.3 is 9.84 Å². The van der Waals surface area contributed by atoms with E-state index in [-0.39, 0.29) is 29.8 Å². The number of thiazole rings is 1. The number of carbonyl (C=O) groups is 2. The third kappa shape index (κ3) is 4.39. The van der Waals surface area contributed by atoms with Crippen molar-refractivity contribution in [1.29, 1.82) is 0 Å². The zero-order valence-electron chi connectivity index (χ0n) is 11.5. The van der Waals surface area contributed by atoms with Crippen molar-refractivity contribution >= 4 is 23.3 Å². The highest BCUT2D eigenvalue weighted by molar-refractivity contribution is 7.13. The summed E-state index contributed by atoms with van der Waals surface area (Å²) >= 11 is 1.09. The summed E-state index contributed by atoms with van der Waals surface area (Å²) in [6.07, 6.45) is 1.49. The van der Waals surface area contributed by atoms with Gasteiger partial charge in [0.2, 0.25) is 0 Å². The van der Waals surface area contributed by atoms with Crippen molar-refractivity contribution in [3.05, 3.63) is 52.0 Å². The van der Waals surface area contributed by atoms with E-state index in [4.69, 9.17) is 9.84 Å². The van der Waals surface area contributed by atoms with Crippen molar-refractivity contribution in [3.8, 4) is 0 Å². The topological polar surface area (TPSA) is 76.5 Å². The van der Waals surface area contributed by atoms with Gasteiger partial charge in [0.25, 0.3) is 0 Å². The van der Waals surface area contributed by atoms with Gasteiger partial charge in [0.15, 0.2) is 0 Å². The zero-order chi connectivity index (χ0) is 15.2. The van der Waals surface area contributed by atoms with E-state index in [1.54, 1.807) is 0 Å². The fourth-order valence-corrected chi connectivity index (χ4v) is 2.56. The summed E-state index contributed by atoms with van der Waals surface area (Å²) in [5, 5.41) is 9.48. The SMILES string of the molecule is CC(CC(=O)OCc1ccccc1)c1ncc(C(=O)O)s1. The highest BCUT2D eigenvalue weighted by Crippen LogP contribution is 2.24. The molecule has 0 spiro atoms. The molecule has 0 saturated heterocycles. The van der Waals surface area contributed by atoms with Crippen LogP contribution in [0.25, 0.3) is 0 Å². The molecule has 0 aliphatic rings. The van der Waals surface area contributed by atoms with Crippen LogP contribution in [0, 0.1) is 0 Å². The van der Waals surface area contributed by atoms with Crippen LogP contribution in [0.3, 0.4) is 0 Å². The number of carbonyl (C=O) groups excluding carboxylic acids is 1. The van der Waals surface area contributed by atoms with E-state index < -0.39 is 5.97 Å². The van der Waals surface area contributed by atoms with Crippen LogP contribution < -0.4 is 0 Å². The maximum Gasteiger partial charge on any atom is 0.347 e. The van der Waals surface area contributed by atoms with Gasteiger partial charge in [-0.3, -0.25) is 4.79 Å². The van der Waals surface area contributed by atoms with Crippen molar-refractivity contribution < 1.29 is 19.4 Å². The Kier molecular flexibility index (Phi) is 5.05. The number of esters is 1. The predicted octanol–water partition coefficient (Wildman–Crippen LogP) is 3.08. The van der Waals surface area contributed by atoms with Gasteiger partial charge in [0.1, 0.15) is 11.5 Å². The van der Waals surface area contributed by atoms with E-state index in [9.17, 15) is 9.59 Å². The van der Waals surface area contributed by atoms with E-state index in [1.165, 1.54) is 6.20 Å². The van der Waals surface area contributed by atoms with Crippen LogP contribution in [0.1, 0.15) is 39.5 Å². The van der Waals surface area contributed by atoms with E-state index in [0.29, 0.717) is 5.01 Å². The Labute approximate surface area is 126 Å². The third-order valence-corrected chi connectivity index (χ3v) is 4.09. The monoisotopic (exact) mass is 305 g/mol. The molecular weight excluding hydrogens is 290 g/mol. The molecule has 0 fully saturated rings. The first-order chi connectivity index (χ1) is 10.1. The molecule has 0 aliphatic heterocycles. The average molecular weight is 305 g/mol. The van der Waals surface area contributed by atoms with Crippen molar-refractivity contribution in [2.75, 3.05) is 0 Å². The molecule has 0 amide bonds.